The molecule has 0 radical (unpaired) electrons. The summed E-state index contributed by atoms with van der Waals surface area (Å²) in [6.07, 6.45) is 2.09. The molecule has 1 aliphatic rings. The number of hydrogen-bond donors (Lipinski definition) is 2. The molecule has 1 atom stereocenters. The van der Waals surface area contributed by atoms with Crippen molar-refractivity contribution in [1.29, 1.82) is 0 Å². The highest BCUT2D eigenvalue weighted by Crippen LogP contribution is 2.21. The van der Waals surface area contributed by atoms with Crippen molar-refractivity contribution in [3.8, 4) is 5.75 Å². The van der Waals surface area contributed by atoms with Gasteiger partial charge < -0.3 is 24.7 Å². The molecule has 1 fully saturated rings. The first kappa shape index (κ1) is 21.6. The third-order valence-electron chi connectivity index (χ3n) is 5.30. The molecule has 162 valence electrons. The van der Waals surface area contributed by atoms with Crippen LogP contribution < -0.4 is 15.6 Å². The second kappa shape index (κ2) is 9.68. The first-order valence-electron chi connectivity index (χ1n) is 10.1. The standard InChI is InChI=1S/C23H24ClN3O3S/c1-29-19-7-8-21-15(11-19)10-16(22(28)26-21)13-27(14-20-6-3-9-30-20)23(31)25-18-5-2-4-17(24)12-18/h2,4-5,7-8,10-12,20H,3,6,9,13-14H2,1H3,(H,25,31)(H,26,28)/t20-/m1/s1. The van der Waals surface area contributed by atoms with E-state index in [0.717, 1.165) is 41.8 Å². The fourth-order valence-electron chi connectivity index (χ4n) is 3.70. The minimum Gasteiger partial charge on any atom is -0.497 e. The molecule has 2 aromatic carbocycles. The second-order valence-corrected chi connectivity index (χ2v) is 8.36. The van der Waals surface area contributed by atoms with Crippen molar-refractivity contribution >= 4 is 45.5 Å². The number of H-pyrrole nitrogens is 1. The molecule has 0 amide bonds. The number of hydrogen-bond acceptors (Lipinski definition) is 4. The van der Waals surface area contributed by atoms with E-state index in [4.69, 9.17) is 33.3 Å². The Morgan fingerprint density at radius 3 is 2.94 bits per heavy atom. The fourth-order valence-corrected chi connectivity index (χ4v) is 4.15. The predicted molar refractivity (Wildman–Crippen MR) is 128 cm³/mol. The third-order valence-corrected chi connectivity index (χ3v) is 5.90. The molecule has 4 rings (SSSR count). The number of nitrogens with one attached hydrogen (secondary N) is 2. The van der Waals surface area contributed by atoms with Gasteiger partial charge in [-0.05, 0) is 67.5 Å². The zero-order chi connectivity index (χ0) is 21.8. The van der Waals surface area contributed by atoms with Gasteiger partial charge in [-0.1, -0.05) is 17.7 Å². The molecular weight excluding hydrogens is 434 g/mol. The number of anilines is 1. The summed E-state index contributed by atoms with van der Waals surface area (Å²) in [5, 5.41) is 5.28. The molecule has 1 aromatic heterocycles. The molecule has 0 bridgehead atoms. The van der Waals surface area contributed by atoms with Crippen molar-refractivity contribution in [3.63, 3.8) is 0 Å². The molecule has 0 unspecified atom stereocenters. The molecule has 1 aliphatic heterocycles. The lowest BCUT2D eigenvalue weighted by atomic mass is 10.1. The van der Waals surface area contributed by atoms with Gasteiger partial charge >= 0.3 is 0 Å². The Balaban J connectivity index is 1.61. The summed E-state index contributed by atoms with van der Waals surface area (Å²) in [6.45, 7) is 1.71. The van der Waals surface area contributed by atoms with E-state index in [2.05, 4.69) is 10.3 Å². The number of fused-ring (bicyclic) bond motifs is 1. The summed E-state index contributed by atoms with van der Waals surface area (Å²) >= 11 is 11.8. The molecular formula is C23H24ClN3O3S. The van der Waals surface area contributed by atoms with Gasteiger partial charge in [-0.25, -0.2) is 0 Å². The summed E-state index contributed by atoms with van der Waals surface area (Å²) in [5.41, 5.74) is 2.04. The smallest absolute Gasteiger partial charge is 0.253 e. The Hall–Kier alpha value is -2.61. The van der Waals surface area contributed by atoms with Gasteiger partial charge in [0.15, 0.2) is 5.11 Å². The van der Waals surface area contributed by atoms with Crippen LogP contribution in [-0.4, -0.2) is 41.4 Å². The number of halogens is 1. The van der Waals surface area contributed by atoms with Crippen molar-refractivity contribution in [2.45, 2.75) is 25.5 Å². The summed E-state index contributed by atoms with van der Waals surface area (Å²) in [5.74, 6) is 0.736. The Bertz CT molecular complexity index is 1140. The largest absolute Gasteiger partial charge is 0.497 e. The molecule has 3 aromatic rings. The van der Waals surface area contributed by atoms with E-state index in [1.165, 1.54) is 0 Å². The number of rotatable bonds is 6. The molecule has 1 saturated heterocycles. The SMILES string of the molecule is COc1ccc2[nH]c(=O)c(CN(C[C@H]3CCCO3)C(=S)Nc3cccc(Cl)c3)cc2c1. The lowest BCUT2D eigenvalue weighted by Gasteiger charge is -2.28. The van der Waals surface area contributed by atoms with Crippen molar-refractivity contribution in [1.82, 2.24) is 9.88 Å². The highest BCUT2D eigenvalue weighted by molar-refractivity contribution is 7.80. The zero-order valence-corrected chi connectivity index (χ0v) is 18.8. The van der Waals surface area contributed by atoms with Crippen molar-refractivity contribution < 1.29 is 9.47 Å². The molecule has 31 heavy (non-hydrogen) atoms. The van der Waals surface area contributed by atoms with E-state index in [1.54, 1.807) is 7.11 Å². The van der Waals surface area contributed by atoms with Gasteiger partial charge in [0.1, 0.15) is 5.75 Å². The number of thiocarbonyl (C=S) groups is 1. The number of aromatic amines is 1. The summed E-state index contributed by atoms with van der Waals surface area (Å²) < 4.78 is 11.1. The van der Waals surface area contributed by atoms with Crippen molar-refractivity contribution in [3.05, 3.63) is 69.5 Å². The number of pyridine rings is 1. The van der Waals surface area contributed by atoms with Crippen LogP contribution in [0.2, 0.25) is 5.02 Å². The van der Waals surface area contributed by atoms with Gasteiger partial charge in [-0.3, -0.25) is 4.79 Å². The van der Waals surface area contributed by atoms with Crippen LogP contribution in [0.15, 0.2) is 53.3 Å². The Morgan fingerprint density at radius 2 is 2.19 bits per heavy atom. The molecule has 0 saturated carbocycles. The van der Waals surface area contributed by atoms with Gasteiger partial charge in [-0.15, -0.1) is 0 Å². The van der Waals surface area contributed by atoms with Gasteiger partial charge in [0.2, 0.25) is 0 Å². The van der Waals surface area contributed by atoms with Crippen LogP contribution in [0.25, 0.3) is 10.9 Å². The number of benzene rings is 2. The van der Waals surface area contributed by atoms with E-state index < -0.39 is 0 Å². The topological polar surface area (TPSA) is 66.6 Å². The van der Waals surface area contributed by atoms with Crippen LogP contribution in [0, 0.1) is 0 Å². The van der Waals surface area contributed by atoms with Crippen molar-refractivity contribution in [2.75, 3.05) is 25.6 Å². The molecule has 0 spiro atoms. The normalized spacial score (nSPS) is 15.7. The van der Waals surface area contributed by atoms with Gasteiger partial charge in [0.05, 0.1) is 19.8 Å². The quantitative estimate of drug-likeness (QED) is 0.528. The highest BCUT2D eigenvalue weighted by atomic mass is 35.5. The highest BCUT2D eigenvalue weighted by Gasteiger charge is 2.22. The maximum atomic E-state index is 12.8. The van der Waals surface area contributed by atoms with Crippen LogP contribution in [0.1, 0.15) is 18.4 Å². The third kappa shape index (κ3) is 5.36. The predicted octanol–water partition coefficient (Wildman–Crippen LogP) is 4.57. The molecule has 2 heterocycles. The number of nitrogens with zero attached hydrogens (tertiary/aromatic N) is 1. The average Bonchev–Trinajstić information content (AvgIpc) is 3.26. The minimum atomic E-state index is -0.138. The number of methoxy groups -OCH3 is 1. The number of ether oxygens (including phenoxy) is 2. The molecule has 2 N–H and O–H groups in total. The maximum absolute atomic E-state index is 12.8. The Kier molecular flexibility index (Phi) is 6.75. The summed E-state index contributed by atoms with van der Waals surface area (Å²) in [6, 6.07) is 14.8. The Labute approximate surface area is 191 Å². The first-order valence-corrected chi connectivity index (χ1v) is 10.9. The lowest BCUT2D eigenvalue weighted by molar-refractivity contribution is 0.0904. The monoisotopic (exact) mass is 457 g/mol. The molecule has 8 heteroatoms. The van der Waals surface area contributed by atoms with E-state index in [9.17, 15) is 4.79 Å². The van der Waals surface area contributed by atoms with Gasteiger partial charge in [-0.2, -0.15) is 0 Å². The van der Waals surface area contributed by atoms with Gasteiger partial charge in [0, 0.05) is 40.3 Å². The average molecular weight is 458 g/mol. The summed E-state index contributed by atoms with van der Waals surface area (Å²) in [4.78, 5) is 17.7. The van der Waals surface area contributed by atoms with E-state index in [0.29, 0.717) is 28.8 Å². The van der Waals surface area contributed by atoms with Crippen LogP contribution >= 0.6 is 23.8 Å². The van der Waals surface area contributed by atoms with Gasteiger partial charge in [0.25, 0.3) is 5.56 Å². The zero-order valence-electron chi connectivity index (χ0n) is 17.2. The van der Waals surface area contributed by atoms with Crippen LogP contribution in [-0.2, 0) is 11.3 Å². The minimum absolute atomic E-state index is 0.0822. The lowest BCUT2D eigenvalue weighted by Crippen LogP contribution is -2.40. The fraction of sp³-hybridized carbons (Fsp3) is 0.304. The van der Waals surface area contributed by atoms with Crippen molar-refractivity contribution in [2.24, 2.45) is 0 Å². The molecule has 6 nitrogen and oxygen atoms in total. The first-order chi connectivity index (χ1) is 15.0. The molecule has 0 aliphatic carbocycles. The van der Waals surface area contributed by atoms with E-state index in [1.807, 2.05) is 53.4 Å². The maximum Gasteiger partial charge on any atom is 0.253 e. The second-order valence-electron chi connectivity index (χ2n) is 7.53. The van der Waals surface area contributed by atoms with E-state index >= 15 is 0 Å². The van der Waals surface area contributed by atoms with Crippen LogP contribution in [0.4, 0.5) is 5.69 Å². The number of aromatic nitrogens is 1. The Morgan fingerprint density at radius 1 is 1.32 bits per heavy atom. The summed E-state index contributed by atoms with van der Waals surface area (Å²) in [7, 11) is 1.62. The van der Waals surface area contributed by atoms with Crippen LogP contribution in [0.3, 0.4) is 0 Å². The van der Waals surface area contributed by atoms with Crippen LogP contribution in [0.5, 0.6) is 5.75 Å². The van der Waals surface area contributed by atoms with E-state index in [-0.39, 0.29) is 11.7 Å².